The number of hydrogen-bond donors (Lipinski definition) is 2. The van der Waals surface area contributed by atoms with Crippen molar-refractivity contribution in [1.29, 1.82) is 0 Å². The molecule has 1 amide bonds. The van der Waals surface area contributed by atoms with E-state index in [2.05, 4.69) is 15.8 Å². The zero-order valence-electron chi connectivity index (χ0n) is 8.85. The van der Waals surface area contributed by atoms with Crippen molar-refractivity contribution in [1.82, 2.24) is 10.4 Å². The van der Waals surface area contributed by atoms with Crippen LogP contribution >= 0.6 is 0 Å². The fourth-order valence-corrected chi connectivity index (χ4v) is 1.26. The normalized spacial score (nSPS) is 9.71. The molecule has 1 heterocycles. The van der Waals surface area contributed by atoms with Crippen molar-refractivity contribution < 1.29 is 9.18 Å². The Kier molecular flexibility index (Phi) is 3.30. The van der Waals surface area contributed by atoms with Gasteiger partial charge in [0.05, 0.1) is 11.3 Å². The molecule has 2 rings (SSSR count). The first kappa shape index (κ1) is 11.1. The van der Waals surface area contributed by atoms with Gasteiger partial charge in [0, 0.05) is 12.4 Å². The van der Waals surface area contributed by atoms with E-state index in [0.717, 1.165) is 0 Å². The Morgan fingerprint density at radius 2 is 2.12 bits per heavy atom. The monoisotopic (exact) mass is 231 g/mol. The molecule has 5 heteroatoms. The van der Waals surface area contributed by atoms with Crippen LogP contribution in [0.4, 0.5) is 10.1 Å². The molecule has 2 aromatic rings. The fourth-order valence-electron chi connectivity index (χ4n) is 1.26. The summed E-state index contributed by atoms with van der Waals surface area (Å²) in [5.41, 5.74) is 5.96. The van der Waals surface area contributed by atoms with Gasteiger partial charge >= 0.3 is 0 Å². The maximum atomic E-state index is 12.9. The zero-order chi connectivity index (χ0) is 12.1. The Morgan fingerprint density at radius 3 is 2.82 bits per heavy atom. The van der Waals surface area contributed by atoms with Crippen molar-refractivity contribution in [3.05, 3.63) is 60.2 Å². The Bertz CT molecular complexity index is 516. The topological polar surface area (TPSA) is 54.0 Å². The van der Waals surface area contributed by atoms with Crippen molar-refractivity contribution in [3.63, 3.8) is 0 Å². The lowest BCUT2D eigenvalue weighted by Crippen LogP contribution is -2.29. The molecule has 86 valence electrons. The van der Waals surface area contributed by atoms with E-state index in [1.54, 1.807) is 30.5 Å². The van der Waals surface area contributed by atoms with Gasteiger partial charge < -0.3 is 0 Å². The summed E-state index contributed by atoms with van der Waals surface area (Å²) in [7, 11) is 0. The van der Waals surface area contributed by atoms with Crippen LogP contribution in [0.1, 0.15) is 10.4 Å². The third-order valence-electron chi connectivity index (χ3n) is 2.07. The number of nitrogens with zero attached hydrogens (tertiary/aromatic N) is 1. The van der Waals surface area contributed by atoms with Crippen molar-refractivity contribution in [2.45, 2.75) is 0 Å². The summed E-state index contributed by atoms with van der Waals surface area (Å²) in [4.78, 5) is 15.4. The first-order valence-electron chi connectivity index (χ1n) is 4.97. The number of hydrogen-bond acceptors (Lipinski definition) is 3. The molecule has 0 spiro atoms. The number of nitrogens with one attached hydrogen (secondary N) is 2. The van der Waals surface area contributed by atoms with Crippen LogP contribution in [-0.4, -0.2) is 10.9 Å². The van der Waals surface area contributed by atoms with E-state index in [-0.39, 0.29) is 11.7 Å². The molecule has 0 saturated heterocycles. The van der Waals surface area contributed by atoms with Gasteiger partial charge in [-0.2, -0.15) is 0 Å². The molecule has 0 fully saturated rings. The minimum Gasteiger partial charge on any atom is -0.298 e. The molecular weight excluding hydrogens is 221 g/mol. The van der Waals surface area contributed by atoms with E-state index >= 15 is 0 Å². The van der Waals surface area contributed by atoms with Gasteiger partial charge in [0.25, 0.3) is 5.91 Å². The van der Waals surface area contributed by atoms with Crippen LogP contribution in [0.25, 0.3) is 0 Å². The lowest BCUT2D eigenvalue weighted by Gasteiger charge is -2.07. The molecule has 0 aliphatic heterocycles. The first-order valence-corrected chi connectivity index (χ1v) is 4.97. The van der Waals surface area contributed by atoms with Crippen LogP contribution in [0.5, 0.6) is 0 Å². The van der Waals surface area contributed by atoms with Crippen LogP contribution in [0.2, 0.25) is 0 Å². The van der Waals surface area contributed by atoms with E-state index in [1.165, 1.54) is 18.3 Å². The molecule has 0 bridgehead atoms. The SMILES string of the molecule is O=C(NNc1cccc(F)c1)c1cccnc1. The summed E-state index contributed by atoms with van der Waals surface area (Å²) in [5.74, 6) is -0.701. The van der Waals surface area contributed by atoms with Gasteiger partial charge in [-0.05, 0) is 30.3 Å². The predicted octanol–water partition coefficient (Wildman–Crippen LogP) is 1.98. The Balaban J connectivity index is 1.97. The second-order valence-electron chi connectivity index (χ2n) is 3.33. The highest BCUT2D eigenvalue weighted by atomic mass is 19.1. The molecule has 4 nitrogen and oxygen atoms in total. The smallest absolute Gasteiger partial charge is 0.271 e. The predicted molar refractivity (Wildman–Crippen MR) is 61.7 cm³/mol. The molecule has 17 heavy (non-hydrogen) atoms. The van der Waals surface area contributed by atoms with Crippen LogP contribution < -0.4 is 10.9 Å². The number of pyridine rings is 1. The zero-order valence-corrected chi connectivity index (χ0v) is 8.85. The lowest BCUT2D eigenvalue weighted by molar-refractivity contribution is 0.0962. The number of hydrazine groups is 1. The number of amides is 1. The van der Waals surface area contributed by atoms with Gasteiger partial charge in [-0.3, -0.25) is 20.6 Å². The Morgan fingerprint density at radius 1 is 1.24 bits per heavy atom. The Hall–Kier alpha value is -2.43. The van der Waals surface area contributed by atoms with E-state index in [4.69, 9.17) is 0 Å². The summed E-state index contributed by atoms with van der Waals surface area (Å²) in [6.07, 6.45) is 3.03. The summed E-state index contributed by atoms with van der Waals surface area (Å²) in [6.45, 7) is 0. The lowest BCUT2D eigenvalue weighted by atomic mass is 10.3. The standard InChI is InChI=1S/C12H10FN3O/c13-10-4-1-5-11(7-10)15-16-12(17)9-3-2-6-14-8-9/h1-8,15H,(H,16,17). The van der Waals surface area contributed by atoms with E-state index < -0.39 is 0 Å². The van der Waals surface area contributed by atoms with Crippen molar-refractivity contribution in [3.8, 4) is 0 Å². The maximum absolute atomic E-state index is 12.9. The van der Waals surface area contributed by atoms with E-state index in [1.807, 2.05) is 0 Å². The van der Waals surface area contributed by atoms with Crippen LogP contribution in [0, 0.1) is 5.82 Å². The highest BCUT2D eigenvalue weighted by molar-refractivity contribution is 5.94. The van der Waals surface area contributed by atoms with Crippen molar-refractivity contribution in [2.24, 2.45) is 0 Å². The number of aromatic nitrogens is 1. The highest BCUT2D eigenvalue weighted by Gasteiger charge is 2.03. The quantitative estimate of drug-likeness (QED) is 0.794. The van der Waals surface area contributed by atoms with Gasteiger partial charge in [0.15, 0.2) is 0 Å². The Labute approximate surface area is 97.5 Å². The average molecular weight is 231 g/mol. The summed E-state index contributed by atoms with van der Waals surface area (Å²) in [6, 6.07) is 9.10. The van der Waals surface area contributed by atoms with Gasteiger partial charge in [-0.25, -0.2) is 4.39 Å². The van der Waals surface area contributed by atoms with Gasteiger partial charge in [-0.15, -0.1) is 0 Å². The molecule has 0 radical (unpaired) electrons. The minimum absolute atomic E-state index is 0.331. The molecule has 0 unspecified atom stereocenters. The minimum atomic E-state index is -0.370. The summed E-state index contributed by atoms with van der Waals surface area (Å²) in [5, 5.41) is 0. The number of halogens is 1. The van der Waals surface area contributed by atoms with Gasteiger partial charge in [-0.1, -0.05) is 6.07 Å². The molecule has 1 aromatic heterocycles. The first-order chi connectivity index (χ1) is 8.25. The second kappa shape index (κ2) is 5.07. The summed E-state index contributed by atoms with van der Waals surface area (Å²) < 4.78 is 12.9. The van der Waals surface area contributed by atoms with E-state index in [9.17, 15) is 9.18 Å². The van der Waals surface area contributed by atoms with Gasteiger partial charge in [0.2, 0.25) is 0 Å². The molecule has 0 saturated carbocycles. The van der Waals surface area contributed by atoms with Gasteiger partial charge in [0.1, 0.15) is 5.82 Å². The number of anilines is 1. The average Bonchev–Trinajstić information content (AvgIpc) is 2.37. The molecule has 2 N–H and O–H groups in total. The number of benzene rings is 1. The molecular formula is C12H10FN3O. The third-order valence-corrected chi connectivity index (χ3v) is 2.07. The fraction of sp³-hybridized carbons (Fsp3) is 0. The van der Waals surface area contributed by atoms with Crippen molar-refractivity contribution >= 4 is 11.6 Å². The largest absolute Gasteiger partial charge is 0.298 e. The second-order valence-corrected chi connectivity index (χ2v) is 3.33. The molecule has 0 aliphatic rings. The summed E-state index contributed by atoms with van der Waals surface area (Å²) >= 11 is 0. The maximum Gasteiger partial charge on any atom is 0.271 e. The van der Waals surface area contributed by atoms with E-state index in [0.29, 0.717) is 11.3 Å². The molecule has 1 aromatic carbocycles. The third kappa shape index (κ3) is 3.01. The number of carbonyl (C=O) groups excluding carboxylic acids is 1. The van der Waals surface area contributed by atoms with Crippen molar-refractivity contribution in [2.75, 3.05) is 5.43 Å². The molecule has 0 atom stereocenters. The number of carbonyl (C=O) groups is 1. The van der Waals surface area contributed by atoms with Crippen LogP contribution in [-0.2, 0) is 0 Å². The van der Waals surface area contributed by atoms with Crippen LogP contribution in [0.3, 0.4) is 0 Å². The molecule has 0 aliphatic carbocycles. The van der Waals surface area contributed by atoms with Crippen LogP contribution in [0.15, 0.2) is 48.8 Å². The highest BCUT2D eigenvalue weighted by Crippen LogP contribution is 2.07. The number of rotatable bonds is 3.